The number of nitrogens with one attached hydrogen (secondary N) is 1. The van der Waals surface area contributed by atoms with E-state index in [0.29, 0.717) is 29.4 Å². The van der Waals surface area contributed by atoms with Crippen LogP contribution in [0, 0.1) is 6.92 Å². The number of amides is 2. The zero-order valence-electron chi connectivity index (χ0n) is 13.4. The molecule has 0 aromatic carbocycles. The van der Waals surface area contributed by atoms with Crippen molar-refractivity contribution in [2.75, 3.05) is 17.3 Å². The van der Waals surface area contributed by atoms with Crippen LogP contribution in [0.5, 0.6) is 0 Å². The van der Waals surface area contributed by atoms with Crippen LogP contribution in [-0.4, -0.2) is 38.4 Å². The molecule has 0 aliphatic carbocycles. The first-order valence-electron chi connectivity index (χ1n) is 6.97. The molecule has 2 rings (SSSR count). The third kappa shape index (κ3) is 2.72. The predicted octanol–water partition coefficient (Wildman–Crippen LogP) is 1.18. The van der Waals surface area contributed by atoms with Crippen LogP contribution in [0.4, 0.5) is 11.5 Å². The van der Waals surface area contributed by atoms with Gasteiger partial charge in [-0.1, -0.05) is 0 Å². The summed E-state index contributed by atoms with van der Waals surface area (Å²) in [6.07, 6.45) is 1.62. The Balaban J connectivity index is 2.48. The van der Waals surface area contributed by atoms with Gasteiger partial charge in [0.25, 0.3) is 5.91 Å². The SMILES string of the molecule is CCn1nc(C)c(NC(C)=O)c1C(=O)N(C)c1ccnn1C. The lowest BCUT2D eigenvalue weighted by Gasteiger charge is -2.18. The molecular weight excluding hydrogens is 284 g/mol. The molecule has 8 nitrogen and oxygen atoms in total. The number of nitrogens with zero attached hydrogens (tertiary/aromatic N) is 5. The quantitative estimate of drug-likeness (QED) is 0.919. The summed E-state index contributed by atoms with van der Waals surface area (Å²) in [5.41, 5.74) is 1.42. The summed E-state index contributed by atoms with van der Waals surface area (Å²) in [5.74, 6) is 0.158. The molecule has 0 saturated carbocycles. The number of aromatic nitrogens is 4. The minimum Gasteiger partial charge on any atom is -0.323 e. The maximum Gasteiger partial charge on any atom is 0.279 e. The summed E-state index contributed by atoms with van der Waals surface area (Å²) < 4.78 is 3.20. The van der Waals surface area contributed by atoms with Crippen LogP contribution < -0.4 is 10.2 Å². The van der Waals surface area contributed by atoms with Crippen molar-refractivity contribution in [2.45, 2.75) is 27.3 Å². The second-order valence-electron chi connectivity index (χ2n) is 4.98. The Bertz CT molecular complexity index is 715. The van der Waals surface area contributed by atoms with Crippen LogP contribution >= 0.6 is 0 Å². The van der Waals surface area contributed by atoms with Crippen LogP contribution in [0.25, 0.3) is 0 Å². The van der Waals surface area contributed by atoms with Gasteiger partial charge in [0, 0.05) is 33.6 Å². The van der Waals surface area contributed by atoms with Crippen molar-refractivity contribution in [2.24, 2.45) is 7.05 Å². The number of hydrogen-bond donors (Lipinski definition) is 1. The number of hydrogen-bond acceptors (Lipinski definition) is 4. The molecule has 0 radical (unpaired) electrons. The summed E-state index contributed by atoms with van der Waals surface area (Å²) >= 11 is 0. The molecule has 0 unspecified atom stereocenters. The van der Waals surface area contributed by atoms with Crippen LogP contribution in [0.3, 0.4) is 0 Å². The van der Waals surface area contributed by atoms with E-state index in [1.807, 2.05) is 6.92 Å². The molecule has 0 bridgehead atoms. The molecule has 0 saturated heterocycles. The van der Waals surface area contributed by atoms with Gasteiger partial charge in [-0.05, 0) is 13.8 Å². The van der Waals surface area contributed by atoms with Gasteiger partial charge in [-0.2, -0.15) is 10.2 Å². The second-order valence-corrected chi connectivity index (χ2v) is 4.98. The van der Waals surface area contributed by atoms with E-state index in [0.717, 1.165) is 0 Å². The molecule has 118 valence electrons. The van der Waals surface area contributed by atoms with E-state index in [9.17, 15) is 9.59 Å². The lowest BCUT2D eigenvalue weighted by Crippen LogP contribution is -2.31. The fraction of sp³-hybridized carbons (Fsp3) is 0.429. The fourth-order valence-corrected chi connectivity index (χ4v) is 2.31. The smallest absolute Gasteiger partial charge is 0.279 e. The van der Waals surface area contributed by atoms with Gasteiger partial charge < -0.3 is 5.32 Å². The Morgan fingerprint density at radius 2 is 2.09 bits per heavy atom. The summed E-state index contributed by atoms with van der Waals surface area (Å²) in [6.45, 7) is 5.59. The lowest BCUT2D eigenvalue weighted by atomic mass is 10.2. The van der Waals surface area contributed by atoms with Crippen molar-refractivity contribution < 1.29 is 9.59 Å². The number of anilines is 2. The van der Waals surface area contributed by atoms with E-state index < -0.39 is 0 Å². The molecule has 22 heavy (non-hydrogen) atoms. The van der Waals surface area contributed by atoms with Gasteiger partial charge in [0.15, 0.2) is 5.69 Å². The zero-order valence-corrected chi connectivity index (χ0v) is 13.4. The fourth-order valence-electron chi connectivity index (χ4n) is 2.31. The Labute approximate surface area is 128 Å². The summed E-state index contributed by atoms with van der Waals surface area (Å²) in [6, 6.07) is 1.75. The summed E-state index contributed by atoms with van der Waals surface area (Å²) in [7, 11) is 3.43. The minimum absolute atomic E-state index is 0.240. The molecule has 2 amide bonds. The molecular formula is C14H20N6O2. The summed E-state index contributed by atoms with van der Waals surface area (Å²) in [4.78, 5) is 25.8. The first-order chi connectivity index (χ1) is 10.4. The Hall–Kier alpha value is -2.64. The van der Waals surface area contributed by atoms with Gasteiger partial charge >= 0.3 is 0 Å². The largest absolute Gasteiger partial charge is 0.323 e. The average Bonchev–Trinajstić information content (AvgIpc) is 3.01. The van der Waals surface area contributed by atoms with Crippen molar-refractivity contribution in [1.29, 1.82) is 0 Å². The summed E-state index contributed by atoms with van der Waals surface area (Å²) in [5, 5.41) is 11.1. The Morgan fingerprint density at radius 1 is 1.41 bits per heavy atom. The van der Waals surface area contributed by atoms with Crippen LogP contribution in [-0.2, 0) is 18.4 Å². The van der Waals surface area contributed by atoms with Crippen LogP contribution in [0.1, 0.15) is 30.0 Å². The van der Waals surface area contributed by atoms with Crippen molar-refractivity contribution in [1.82, 2.24) is 19.6 Å². The highest BCUT2D eigenvalue weighted by Crippen LogP contribution is 2.24. The van der Waals surface area contributed by atoms with E-state index >= 15 is 0 Å². The number of carbonyl (C=O) groups excluding carboxylic acids is 2. The first kappa shape index (κ1) is 15.7. The van der Waals surface area contributed by atoms with Crippen molar-refractivity contribution in [3.63, 3.8) is 0 Å². The monoisotopic (exact) mass is 304 g/mol. The molecule has 0 aliphatic heterocycles. The number of aryl methyl sites for hydroxylation is 3. The third-order valence-electron chi connectivity index (χ3n) is 3.37. The molecule has 0 spiro atoms. The van der Waals surface area contributed by atoms with Gasteiger partial charge in [-0.25, -0.2) is 0 Å². The second kappa shape index (κ2) is 6.00. The van der Waals surface area contributed by atoms with Crippen molar-refractivity contribution >= 4 is 23.3 Å². The molecule has 0 atom stereocenters. The molecule has 1 N–H and O–H groups in total. The Morgan fingerprint density at radius 3 is 2.59 bits per heavy atom. The highest BCUT2D eigenvalue weighted by Gasteiger charge is 2.26. The number of rotatable bonds is 4. The molecule has 2 aromatic heterocycles. The topological polar surface area (TPSA) is 85.1 Å². The normalized spacial score (nSPS) is 10.6. The average molecular weight is 304 g/mol. The predicted molar refractivity (Wildman–Crippen MR) is 82.9 cm³/mol. The van der Waals surface area contributed by atoms with E-state index in [4.69, 9.17) is 0 Å². The molecule has 0 fully saturated rings. The maximum absolute atomic E-state index is 12.9. The van der Waals surface area contributed by atoms with Gasteiger partial charge in [0.2, 0.25) is 5.91 Å². The first-order valence-corrected chi connectivity index (χ1v) is 6.97. The van der Waals surface area contributed by atoms with Crippen LogP contribution in [0.2, 0.25) is 0 Å². The lowest BCUT2D eigenvalue weighted by molar-refractivity contribution is -0.114. The maximum atomic E-state index is 12.9. The van der Waals surface area contributed by atoms with Crippen molar-refractivity contribution in [3.8, 4) is 0 Å². The third-order valence-corrected chi connectivity index (χ3v) is 3.37. The van der Waals surface area contributed by atoms with E-state index in [-0.39, 0.29) is 11.8 Å². The van der Waals surface area contributed by atoms with E-state index in [1.165, 1.54) is 11.8 Å². The van der Waals surface area contributed by atoms with Gasteiger partial charge in [0.05, 0.1) is 17.6 Å². The van der Waals surface area contributed by atoms with E-state index in [1.54, 1.807) is 42.6 Å². The molecule has 2 heterocycles. The van der Waals surface area contributed by atoms with E-state index in [2.05, 4.69) is 15.5 Å². The highest BCUT2D eigenvalue weighted by molar-refractivity contribution is 6.10. The molecule has 0 aliphatic rings. The zero-order chi connectivity index (χ0) is 16.4. The van der Waals surface area contributed by atoms with Gasteiger partial charge in [-0.3, -0.25) is 23.9 Å². The van der Waals surface area contributed by atoms with Crippen molar-refractivity contribution in [3.05, 3.63) is 23.7 Å². The molecule has 8 heteroatoms. The minimum atomic E-state index is -0.255. The standard InChI is InChI=1S/C14H20N6O2/c1-6-20-13(12(9(2)17-20)16-10(3)21)14(22)18(4)11-7-8-15-19(11)5/h7-8H,6H2,1-5H3,(H,16,21). The van der Waals surface area contributed by atoms with Gasteiger partial charge in [-0.15, -0.1) is 0 Å². The molecule has 2 aromatic rings. The van der Waals surface area contributed by atoms with Gasteiger partial charge in [0.1, 0.15) is 5.82 Å². The number of carbonyl (C=O) groups is 2. The highest BCUT2D eigenvalue weighted by atomic mass is 16.2. The van der Waals surface area contributed by atoms with Crippen LogP contribution in [0.15, 0.2) is 12.3 Å². The Kier molecular flexibility index (Phi) is 4.30.